The van der Waals surface area contributed by atoms with Crippen molar-refractivity contribution in [1.29, 1.82) is 0 Å². The van der Waals surface area contributed by atoms with E-state index in [0.717, 1.165) is 12.1 Å². The van der Waals surface area contributed by atoms with Gasteiger partial charge < -0.3 is 9.67 Å². The molecular weight excluding hydrogens is 264 g/mol. The lowest BCUT2D eigenvalue weighted by Gasteiger charge is -2.27. The maximum atomic E-state index is 9.66. The normalized spacial score (nSPS) is 32.5. The summed E-state index contributed by atoms with van der Waals surface area (Å²) in [6, 6.07) is 0.218. The predicted octanol–water partition coefficient (Wildman–Crippen LogP) is 1.84. The summed E-state index contributed by atoms with van der Waals surface area (Å²) in [5.41, 5.74) is 1.39. The van der Waals surface area contributed by atoms with Crippen LogP contribution in [0.25, 0.3) is 11.2 Å². The molecule has 0 aromatic carbocycles. The lowest BCUT2D eigenvalue weighted by molar-refractivity contribution is 0.168. The van der Waals surface area contributed by atoms with Crippen LogP contribution in [-0.4, -0.2) is 31.2 Å². The van der Waals surface area contributed by atoms with Crippen LogP contribution in [0.4, 0.5) is 0 Å². The molecule has 4 unspecified atom stereocenters. The third-order valence-corrected chi connectivity index (χ3v) is 4.70. The fraction of sp³-hybridized carbons (Fsp3) is 0.462. The number of fused-ring (bicyclic) bond motifs is 3. The topological polar surface area (TPSA) is 63.8 Å². The SMILES string of the molecule is OCC1C2C=CC(C2)C1n1cnc2c(Cl)ncnc21. The standard InChI is InChI=1S/C13H13ClN4O/c14-12-10-13(16-5-15-12)18(6-17-10)11-8-2-1-7(3-8)9(11)4-19/h1-2,5-9,11,19H,3-4H2. The molecule has 6 heteroatoms. The van der Waals surface area contributed by atoms with Gasteiger partial charge >= 0.3 is 0 Å². The van der Waals surface area contributed by atoms with E-state index >= 15 is 0 Å². The van der Waals surface area contributed by atoms with Crippen LogP contribution in [0.3, 0.4) is 0 Å². The molecule has 2 aliphatic carbocycles. The van der Waals surface area contributed by atoms with Gasteiger partial charge in [-0.3, -0.25) is 0 Å². The van der Waals surface area contributed by atoms with E-state index in [1.807, 2.05) is 0 Å². The van der Waals surface area contributed by atoms with Crippen molar-refractivity contribution in [3.63, 3.8) is 0 Å². The molecule has 5 nitrogen and oxygen atoms in total. The van der Waals surface area contributed by atoms with Gasteiger partial charge in [0.1, 0.15) is 11.8 Å². The number of allylic oxidation sites excluding steroid dienone is 2. The molecular formula is C13H13ClN4O. The first kappa shape index (κ1) is 11.4. The van der Waals surface area contributed by atoms with E-state index < -0.39 is 0 Å². The smallest absolute Gasteiger partial charge is 0.165 e. The van der Waals surface area contributed by atoms with Crippen molar-refractivity contribution in [1.82, 2.24) is 19.5 Å². The average Bonchev–Trinajstić information content (AvgIpc) is 3.11. The van der Waals surface area contributed by atoms with Crippen LogP contribution in [0.1, 0.15) is 12.5 Å². The lowest BCUT2D eigenvalue weighted by Crippen LogP contribution is -2.25. The van der Waals surface area contributed by atoms with E-state index in [1.54, 1.807) is 6.33 Å². The molecule has 1 fully saturated rings. The van der Waals surface area contributed by atoms with Crippen molar-refractivity contribution in [2.45, 2.75) is 12.5 Å². The number of aliphatic hydroxyl groups is 1. The van der Waals surface area contributed by atoms with Crippen molar-refractivity contribution < 1.29 is 5.11 Å². The minimum atomic E-state index is 0.189. The minimum absolute atomic E-state index is 0.189. The maximum Gasteiger partial charge on any atom is 0.165 e. The van der Waals surface area contributed by atoms with Crippen LogP contribution >= 0.6 is 11.6 Å². The Labute approximate surface area is 115 Å². The molecule has 4 rings (SSSR count). The van der Waals surface area contributed by atoms with E-state index in [-0.39, 0.29) is 18.6 Å². The zero-order chi connectivity index (χ0) is 13.0. The zero-order valence-corrected chi connectivity index (χ0v) is 10.9. The Hall–Kier alpha value is -1.46. The molecule has 98 valence electrons. The minimum Gasteiger partial charge on any atom is -0.396 e. The van der Waals surface area contributed by atoms with Gasteiger partial charge in [0.2, 0.25) is 0 Å². The molecule has 2 aliphatic rings. The van der Waals surface area contributed by atoms with Crippen LogP contribution in [0.2, 0.25) is 5.15 Å². The first-order chi connectivity index (χ1) is 9.29. The van der Waals surface area contributed by atoms with Gasteiger partial charge in [-0.2, -0.15) is 0 Å². The molecule has 1 N–H and O–H groups in total. The number of aliphatic hydroxyl groups excluding tert-OH is 1. The number of aromatic nitrogens is 4. The summed E-state index contributed by atoms with van der Waals surface area (Å²) < 4.78 is 2.05. The van der Waals surface area contributed by atoms with Crippen LogP contribution in [0.5, 0.6) is 0 Å². The average molecular weight is 277 g/mol. The molecule has 0 saturated heterocycles. The highest BCUT2D eigenvalue weighted by Gasteiger charge is 2.45. The fourth-order valence-corrected chi connectivity index (χ4v) is 3.77. The van der Waals surface area contributed by atoms with E-state index in [0.29, 0.717) is 22.5 Å². The van der Waals surface area contributed by atoms with E-state index in [4.69, 9.17) is 11.6 Å². The highest BCUT2D eigenvalue weighted by Crippen LogP contribution is 2.50. The van der Waals surface area contributed by atoms with Crippen LogP contribution in [0, 0.1) is 17.8 Å². The van der Waals surface area contributed by atoms with Gasteiger partial charge in [-0.25, -0.2) is 15.0 Å². The molecule has 2 aromatic heterocycles. The number of nitrogens with zero attached hydrogens (tertiary/aromatic N) is 4. The van der Waals surface area contributed by atoms with Gasteiger partial charge in [0.05, 0.1) is 6.33 Å². The number of hydrogen-bond donors (Lipinski definition) is 1. The number of halogens is 1. The van der Waals surface area contributed by atoms with E-state index in [9.17, 15) is 5.11 Å². The molecule has 19 heavy (non-hydrogen) atoms. The summed E-state index contributed by atoms with van der Waals surface area (Å²) in [7, 11) is 0. The molecule has 2 aromatic rings. The Morgan fingerprint density at radius 3 is 2.95 bits per heavy atom. The van der Waals surface area contributed by atoms with E-state index in [1.165, 1.54) is 6.33 Å². The van der Waals surface area contributed by atoms with Crippen molar-refractivity contribution in [2.75, 3.05) is 6.61 Å². The van der Waals surface area contributed by atoms with Crippen LogP contribution < -0.4 is 0 Å². The summed E-state index contributed by atoms with van der Waals surface area (Å²) in [6.07, 6.45) is 8.81. The van der Waals surface area contributed by atoms with Gasteiger partial charge in [-0.05, 0) is 18.3 Å². The highest BCUT2D eigenvalue weighted by molar-refractivity contribution is 6.33. The quantitative estimate of drug-likeness (QED) is 0.671. The highest BCUT2D eigenvalue weighted by atomic mass is 35.5. The second-order valence-electron chi connectivity index (χ2n) is 5.27. The Morgan fingerprint density at radius 1 is 1.26 bits per heavy atom. The zero-order valence-electron chi connectivity index (χ0n) is 10.1. The van der Waals surface area contributed by atoms with Gasteiger partial charge in [0.15, 0.2) is 10.8 Å². The fourth-order valence-electron chi connectivity index (χ4n) is 3.60. The largest absolute Gasteiger partial charge is 0.396 e. The van der Waals surface area contributed by atoms with Crippen molar-refractivity contribution in [3.8, 4) is 0 Å². The summed E-state index contributed by atoms with van der Waals surface area (Å²) in [5, 5.41) is 10.0. The summed E-state index contributed by atoms with van der Waals surface area (Å²) in [5.74, 6) is 1.16. The van der Waals surface area contributed by atoms with Crippen LogP contribution in [-0.2, 0) is 0 Å². The van der Waals surface area contributed by atoms with Gasteiger partial charge in [-0.1, -0.05) is 23.8 Å². The molecule has 2 bridgehead atoms. The van der Waals surface area contributed by atoms with Crippen molar-refractivity contribution >= 4 is 22.8 Å². The van der Waals surface area contributed by atoms with Gasteiger partial charge in [-0.15, -0.1) is 0 Å². The summed E-state index contributed by atoms with van der Waals surface area (Å²) in [6.45, 7) is 0.189. The molecule has 1 saturated carbocycles. The second-order valence-corrected chi connectivity index (χ2v) is 5.63. The van der Waals surface area contributed by atoms with Gasteiger partial charge in [0.25, 0.3) is 0 Å². The molecule has 0 spiro atoms. The number of hydrogen-bond acceptors (Lipinski definition) is 4. The van der Waals surface area contributed by atoms with Crippen molar-refractivity contribution in [3.05, 3.63) is 30.0 Å². The Kier molecular flexibility index (Phi) is 2.40. The van der Waals surface area contributed by atoms with E-state index in [2.05, 4.69) is 31.7 Å². The third-order valence-electron chi connectivity index (χ3n) is 4.42. The second kappa shape index (κ2) is 4.02. The molecule has 4 atom stereocenters. The Balaban J connectivity index is 1.87. The predicted molar refractivity (Wildman–Crippen MR) is 70.7 cm³/mol. The third kappa shape index (κ3) is 1.48. The molecule has 0 amide bonds. The lowest BCUT2D eigenvalue weighted by atomic mass is 9.89. The molecule has 0 radical (unpaired) electrons. The molecule has 2 heterocycles. The Bertz CT molecular complexity index is 668. The first-order valence-corrected chi connectivity index (χ1v) is 6.79. The summed E-state index contributed by atoms with van der Waals surface area (Å²) >= 11 is 6.04. The van der Waals surface area contributed by atoms with Crippen LogP contribution in [0.15, 0.2) is 24.8 Å². The monoisotopic (exact) mass is 276 g/mol. The number of rotatable bonds is 2. The molecule has 0 aliphatic heterocycles. The Morgan fingerprint density at radius 2 is 2.11 bits per heavy atom. The van der Waals surface area contributed by atoms with Gasteiger partial charge in [0, 0.05) is 18.6 Å². The summed E-state index contributed by atoms with van der Waals surface area (Å²) in [4.78, 5) is 12.6. The maximum absolute atomic E-state index is 9.66. The number of imidazole rings is 1. The first-order valence-electron chi connectivity index (χ1n) is 6.42. The van der Waals surface area contributed by atoms with Crippen molar-refractivity contribution in [2.24, 2.45) is 17.8 Å².